The fourth-order valence-electron chi connectivity index (χ4n) is 1.33. The molecular weight excluding hydrogens is 222 g/mol. The van der Waals surface area contributed by atoms with E-state index < -0.39 is 0 Å². The number of thiazole rings is 1. The summed E-state index contributed by atoms with van der Waals surface area (Å²) in [6.45, 7) is 2.61. The molecule has 0 saturated heterocycles. The van der Waals surface area contributed by atoms with Crippen LogP contribution in [0.5, 0.6) is 5.75 Å². The number of carbonyl (C=O) groups is 1. The highest BCUT2D eigenvalue weighted by molar-refractivity contribution is 7.16. The van der Waals surface area contributed by atoms with Gasteiger partial charge in [-0.05, 0) is 31.2 Å². The van der Waals surface area contributed by atoms with Crippen molar-refractivity contribution in [2.24, 2.45) is 0 Å². The van der Waals surface area contributed by atoms with Crippen LogP contribution in [-0.2, 0) is 0 Å². The molecule has 0 bridgehead atoms. The Balaban J connectivity index is 2.23. The average Bonchev–Trinajstić information content (AvgIpc) is 2.79. The van der Waals surface area contributed by atoms with Gasteiger partial charge in [0.2, 0.25) is 0 Å². The minimum absolute atomic E-state index is 0.642. The maximum Gasteiger partial charge on any atom is 0.161 e. The van der Waals surface area contributed by atoms with Gasteiger partial charge in [-0.2, -0.15) is 0 Å². The Morgan fingerprint density at radius 2 is 2.12 bits per heavy atom. The van der Waals surface area contributed by atoms with Crippen molar-refractivity contribution in [3.05, 3.63) is 35.3 Å². The summed E-state index contributed by atoms with van der Waals surface area (Å²) in [7, 11) is 0. The van der Waals surface area contributed by atoms with Crippen LogP contribution < -0.4 is 4.74 Å². The van der Waals surface area contributed by atoms with Crippen LogP contribution in [-0.4, -0.2) is 17.9 Å². The summed E-state index contributed by atoms with van der Waals surface area (Å²) in [6, 6.07) is 7.69. The molecule has 0 amide bonds. The van der Waals surface area contributed by atoms with Crippen LogP contribution in [0, 0.1) is 0 Å². The van der Waals surface area contributed by atoms with Gasteiger partial charge in [0.05, 0.1) is 11.5 Å². The van der Waals surface area contributed by atoms with Crippen LogP contribution in [0.1, 0.15) is 16.6 Å². The normalized spacial score (nSPS) is 10.1. The molecular formula is C12H11NO2S. The van der Waals surface area contributed by atoms with Gasteiger partial charge in [-0.15, -0.1) is 11.3 Å². The molecule has 1 heterocycles. The van der Waals surface area contributed by atoms with Gasteiger partial charge in [-0.1, -0.05) is 0 Å². The number of rotatable bonds is 4. The Morgan fingerprint density at radius 3 is 2.69 bits per heavy atom. The third kappa shape index (κ3) is 2.28. The molecule has 3 nitrogen and oxygen atoms in total. The Kier molecular flexibility index (Phi) is 3.31. The SMILES string of the molecule is CCOc1ccc(-c2ncc(C=O)s2)cc1. The maximum absolute atomic E-state index is 10.5. The minimum Gasteiger partial charge on any atom is -0.494 e. The van der Waals surface area contributed by atoms with Crippen LogP contribution in [0.25, 0.3) is 10.6 Å². The van der Waals surface area contributed by atoms with Gasteiger partial charge in [0.25, 0.3) is 0 Å². The predicted octanol–water partition coefficient (Wildman–Crippen LogP) is 3.02. The van der Waals surface area contributed by atoms with Gasteiger partial charge in [0, 0.05) is 11.8 Å². The van der Waals surface area contributed by atoms with Gasteiger partial charge in [0.15, 0.2) is 6.29 Å². The first-order valence-corrected chi connectivity index (χ1v) is 5.79. The molecule has 82 valence electrons. The molecule has 0 unspecified atom stereocenters. The third-order valence-corrected chi connectivity index (χ3v) is 3.02. The minimum atomic E-state index is 0.642. The molecule has 1 aromatic carbocycles. The van der Waals surface area contributed by atoms with E-state index in [9.17, 15) is 4.79 Å². The fourth-order valence-corrected chi connectivity index (χ4v) is 2.07. The van der Waals surface area contributed by atoms with E-state index in [1.165, 1.54) is 11.3 Å². The molecule has 2 aromatic rings. The highest BCUT2D eigenvalue weighted by Gasteiger charge is 2.04. The van der Waals surface area contributed by atoms with Gasteiger partial charge < -0.3 is 4.74 Å². The van der Waals surface area contributed by atoms with E-state index >= 15 is 0 Å². The number of hydrogen-bond acceptors (Lipinski definition) is 4. The van der Waals surface area contributed by atoms with E-state index in [1.54, 1.807) is 6.20 Å². The van der Waals surface area contributed by atoms with E-state index in [0.717, 1.165) is 22.6 Å². The molecule has 4 heteroatoms. The Morgan fingerprint density at radius 1 is 1.38 bits per heavy atom. The van der Waals surface area contributed by atoms with Crippen molar-refractivity contribution in [3.63, 3.8) is 0 Å². The largest absolute Gasteiger partial charge is 0.494 e. The summed E-state index contributed by atoms with van der Waals surface area (Å²) in [5.41, 5.74) is 1.00. The first-order chi connectivity index (χ1) is 7.83. The van der Waals surface area contributed by atoms with Crippen molar-refractivity contribution >= 4 is 17.6 Å². The van der Waals surface area contributed by atoms with Crippen molar-refractivity contribution in [2.75, 3.05) is 6.61 Å². The Hall–Kier alpha value is -1.68. The lowest BCUT2D eigenvalue weighted by Crippen LogP contribution is -1.90. The zero-order valence-electron chi connectivity index (χ0n) is 8.84. The van der Waals surface area contributed by atoms with Crippen LogP contribution in [0.3, 0.4) is 0 Å². The van der Waals surface area contributed by atoms with Crippen LogP contribution in [0.4, 0.5) is 0 Å². The molecule has 0 N–H and O–H groups in total. The second kappa shape index (κ2) is 4.90. The van der Waals surface area contributed by atoms with Crippen molar-refractivity contribution in [1.29, 1.82) is 0 Å². The smallest absolute Gasteiger partial charge is 0.161 e. The number of aldehydes is 1. The highest BCUT2D eigenvalue weighted by atomic mass is 32.1. The van der Waals surface area contributed by atoms with Crippen molar-refractivity contribution in [3.8, 4) is 16.3 Å². The summed E-state index contributed by atoms with van der Waals surface area (Å²) in [4.78, 5) is 15.4. The first-order valence-electron chi connectivity index (χ1n) is 4.97. The molecule has 0 fully saturated rings. The summed E-state index contributed by atoms with van der Waals surface area (Å²) in [5, 5.41) is 0.852. The van der Waals surface area contributed by atoms with E-state index in [1.807, 2.05) is 31.2 Å². The van der Waals surface area contributed by atoms with Crippen molar-refractivity contribution in [2.45, 2.75) is 6.92 Å². The standard InChI is InChI=1S/C12H11NO2S/c1-2-15-10-5-3-9(4-6-10)12-13-7-11(8-14)16-12/h3-8H,2H2,1H3. The lowest BCUT2D eigenvalue weighted by atomic mass is 10.2. The third-order valence-electron chi connectivity index (χ3n) is 2.05. The van der Waals surface area contributed by atoms with Crippen LogP contribution in [0.15, 0.2) is 30.5 Å². The summed E-state index contributed by atoms with van der Waals surface area (Å²) < 4.78 is 5.35. The number of ether oxygens (including phenoxy) is 1. The molecule has 0 saturated carbocycles. The summed E-state index contributed by atoms with van der Waals surface area (Å²) in [5.74, 6) is 0.846. The van der Waals surface area contributed by atoms with E-state index in [4.69, 9.17) is 4.74 Å². The number of aromatic nitrogens is 1. The summed E-state index contributed by atoms with van der Waals surface area (Å²) in [6.07, 6.45) is 2.40. The van der Waals surface area contributed by atoms with Gasteiger partial charge in [-0.25, -0.2) is 4.98 Å². The Labute approximate surface area is 97.7 Å². The molecule has 0 spiro atoms. The molecule has 0 aliphatic carbocycles. The van der Waals surface area contributed by atoms with Crippen LogP contribution in [0.2, 0.25) is 0 Å². The lowest BCUT2D eigenvalue weighted by molar-refractivity contribution is 0.112. The van der Waals surface area contributed by atoms with E-state index in [0.29, 0.717) is 11.5 Å². The summed E-state index contributed by atoms with van der Waals surface area (Å²) >= 11 is 1.39. The average molecular weight is 233 g/mol. The molecule has 0 atom stereocenters. The van der Waals surface area contributed by atoms with Crippen LogP contribution >= 0.6 is 11.3 Å². The Bertz CT molecular complexity index is 476. The molecule has 0 aliphatic heterocycles. The second-order valence-electron chi connectivity index (χ2n) is 3.14. The predicted molar refractivity (Wildman–Crippen MR) is 64.1 cm³/mol. The number of nitrogens with zero attached hydrogens (tertiary/aromatic N) is 1. The topological polar surface area (TPSA) is 39.2 Å². The molecule has 2 rings (SSSR count). The van der Waals surface area contributed by atoms with Gasteiger partial charge in [0.1, 0.15) is 10.8 Å². The zero-order chi connectivity index (χ0) is 11.4. The van der Waals surface area contributed by atoms with Crippen molar-refractivity contribution in [1.82, 2.24) is 4.98 Å². The fraction of sp³-hybridized carbons (Fsp3) is 0.167. The zero-order valence-corrected chi connectivity index (χ0v) is 9.66. The molecule has 1 aromatic heterocycles. The van der Waals surface area contributed by atoms with E-state index in [2.05, 4.69) is 4.98 Å². The molecule has 0 aliphatic rings. The van der Waals surface area contributed by atoms with Gasteiger partial charge in [-0.3, -0.25) is 4.79 Å². The monoisotopic (exact) mass is 233 g/mol. The van der Waals surface area contributed by atoms with E-state index in [-0.39, 0.29) is 0 Å². The van der Waals surface area contributed by atoms with Gasteiger partial charge >= 0.3 is 0 Å². The molecule has 16 heavy (non-hydrogen) atoms. The second-order valence-corrected chi connectivity index (χ2v) is 4.21. The number of benzene rings is 1. The number of carbonyl (C=O) groups excluding carboxylic acids is 1. The van der Waals surface area contributed by atoms with Crippen molar-refractivity contribution < 1.29 is 9.53 Å². The molecule has 0 radical (unpaired) electrons. The number of hydrogen-bond donors (Lipinski definition) is 0. The highest BCUT2D eigenvalue weighted by Crippen LogP contribution is 2.26. The first kappa shape index (κ1) is 10.8. The maximum atomic E-state index is 10.5. The lowest BCUT2D eigenvalue weighted by Gasteiger charge is -2.02. The quantitative estimate of drug-likeness (QED) is 0.762.